The average molecular weight is 518 g/mol. The minimum absolute atomic E-state index is 0.0939. The summed E-state index contributed by atoms with van der Waals surface area (Å²) in [6.07, 6.45) is 13.4. The van der Waals surface area contributed by atoms with Crippen molar-refractivity contribution in [1.82, 2.24) is 9.88 Å². The van der Waals surface area contributed by atoms with E-state index >= 15 is 0 Å². The molecular weight excluding hydrogens is 486 g/mol. The van der Waals surface area contributed by atoms with Crippen molar-refractivity contribution in [1.29, 1.82) is 0 Å². The predicted octanol–water partition coefficient (Wildman–Crippen LogP) is 5.19. The molecule has 1 saturated heterocycles. The Labute approximate surface area is 220 Å². The first-order valence-corrected chi connectivity index (χ1v) is 13.7. The molecule has 9 heteroatoms. The maximum Gasteiger partial charge on any atom is 0.245 e. The molecule has 2 aliphatic heterocycles. The standard InChI is InChI=1S/C28H31N5O3S/c29-27-26(25(34)24-18-35-17-23(36-24)20-4-2-1-3-5-20)37-28(31-27)30-21-8-10-22(11-9-21)33-14-12-32(13-15-33)16-19-6-7-19/h1-2,4,8-11,17-19H,3,5-7,12-16,29H2,(H,30,31). The van der Waals surface area contributed by atoms with E-state index in [9.17, 15) is 4.79 Å². The monoisotopic (exact) mass is 517 g/mol. The normalized spacial score (nSPS) is 19.9. The van der Waals surface area contributed by atoms with E-state index in [1.807, 2.05) is 24.3 Å². The van der Waals surface area contributed by atoms with Gasteiger partial charge in [-0.25, -0.2) is 4.98 Å². The van der Waals surface area contributed by atoms with Crippen LogP contribution >= 0.6 is 11.3 Å². The van der Waals surface area contributed by atoms with E-state index in [2.05, 4.69) is 38.3 Å². The molecule has 6 rings (SSSR count). The Morgan fingerprint density at radius 2 is 1.95 bits per heavy atom. The molecule has 0 radical (unpaired) electrons. The molecule has 2 aromatic rings. The first kappa shape index (κ1) is 23.8. The fourth-order valence-corrected chi connectivity index (χ4v) is 5.62. The number of carbonyl (C=O) groups excluding carboxylic acids is 1. The highest BCUT2D eigenvalue weighted by atomic mass is 32.1. The SMILES string of the molecule is Nc1nc(Nc2ccc(N3CCN(CC4CC4)CC3)cc2)sc1C(=O)C1=COC=C(C2=CC=CCC2)O1. The topological polar surface area (TPSA) is 93.0 Å². The Balaban J connectivity index is 1.06. The van der Waals surface area contributed by atoms with Gasteiger partial charge in [-0.05, 0) is 61.4 Å². The summed E-state index contributed by atoms with van der Waals surface area (Å²) in [5.41, 5.74) is 9.22. The van der Waals surface area contributed by atoms with Crippen LogP contribution in [0.1, 0.15) is 35.4 Å². The molecule has 2 fully saturated rings. The van der Waals surface area contributed by atoms with Crippen LogP contribution in [-0.4, -0.2) is 48.4 Å². The lowest BCUT2D eigenvalue weighted by atomic mass is 10.0. The lowest BCUT2D eigenvalue weighted by molar-refractivity contribution is 0.0938. The Morgan fingerprint density at radius 3 is 2.68 bits per heavy atom. The number of ketones is 1. The van der Waals surface area contributed by atoms with Crippen molar-refractivity contribution in [3.63, 3.8) is 0 Å². The molecule has 0 bridgehead atoms. The van der Waals surface area contributed by atoms with Crippen molar-refractivity contribution in [2.45, 2.75) is 25.7 Å². The summed E-state index contributed by atoms with van der Waals surface area (Å²) in [6, 6.07) is 8.33. The summed E-state index contributed by atoms with van der Waals surface area (Å²) in [5.74, 6) is 1.40. The third kappa shape index (κ3) is 5.57. The van der Waals surface area contributed by atoms with Crippen LogP contribution in [0.4, 0.5) is 22.3 Å². The van der Waals surface area contributed by atoms with Gasteiger partial charge in [0, 0.05) is 44.1 Å². The summed E-state index contributed by atoms with van der Waals surface area (Å²) >= 11 is 1.20. The van der Waals surface area contributed by atoms with E-state index in [1.54, 1.807) is 0 Å². The van der Waals surface area contributed by atoms with Crippen molar-refractivity contribution in [2.75, 3.05) is 48.7 Å². The van der Waals surface area contributed by atoms with Gasteiger partial charge in [0.1, 0.15) is 23.2 Å². The fraction of sp³-hybridized carbons (Fsp3) is 0.357. The summed E-state index contributed by atoms with van der Waals surface area (Å²) < 4.78 is 11.3. The molecule has 0 unspecified atom stereocenters. The van der Waals surface area contributed by atoms with E-state index in [-0.39, 0.29) is 17.4 Å². The van der Waals surface area contributed by atoms with Gasteiger partial charge in [-0.3, -0.25) is 9.69 Å². The maximum absolute atomic E-state index is 13.1. The van der Waals surface area contributed by atoms with Gasteiger partial charge in [0.05, 0.1) is 0 Å². The van der Waals surface area contributed by atoms with Gasteiger partial charge < -0.3 is 25.4 Å². The lowest BCUT2D eigenvalue weighted by Crippen LogP contribution is -2.47. The summed E-state index contributed by atoms with van der Waals surface area (Å²) in [5, 5.41) is 3.83. The second kappa shape index (κ2) is 10.4. The minimum atomic E-state index is -0.350. The Hall–Kier alpha value is -3.56. The highest BCUT2D eigenvalue weighted by Crippen LogP contribution is 2.34. The number of carbonyl (C=O) groups is 1. The van der Waals surface area contributed by atoms with Crippen molar-refractivity contribution in [3.8, 4) is 0 Å². The zero-order chi connectivity index (χ0) is 25.2. The van der Waals surface area contributed by atoms with Crippen LogP contribution in [0.2, 0.25) is 0 Å². The molecule has 37 heavy (non-hydrogen) atoms. The number of Topliss-reactive ketones (excluding diaryl/α,β-unsaturated/α-hetero) is 1. The molecule has 0 amide bonds. The number of ether oxygens (including phenoxy) is 2. The van der Waals surface area contributed by atoms with E-state index in [1.165, 1.54) is 48.9 Å². The van der Waals surface area contributed by atoms with E-state index < -0.39 is 0 Å². The van der Waals surface area contributed by atoms with Gasteiger partial charge in [-0.15, -0.1) is 0 Å². The maximum atomic E-state index is 13.1. The molecular formula is C28H31N5O3S. The third-order valence-corrected chi connectivity index (χ3v) is 8.04. The second-order valence-electron chi connectivity index (χ2n) is 9.83. The Bertz CT molecular complexity index is 1280. The molecule has 1 aromatic carbocycles. The minimum Gasteiger partial charge on any atom is -0.465 e. The van der Waals surface area contributed by atoms with Crippen molar-refractivity contribution in [2.24, 2.45) is 5.92 Å². The molecule has 3 N–H and O–H groups in total. The van der Waals surface area contributed by atoms with E-state index in [0.29, 0.717) is 15.8 Å². The van der Waals surface area contributed by atoms with Gasteiger partial charge in [0.15, 0.2) is 10.9 Å². The number of thiazole rings is 1. The number of hydrogen-bond donors (Lipinski definition) is 2. The predicted molar refractivity (Wildman–Crippen MR) is 147 cm³/mol. The summed E-state index contributed by atoms with van der Waals surface area (Å²) in [6.45, 7) is 5.63. The molecule has 0 atom stereocenters. The number of nitrogens with one attached hydrogen (secondary N) is 1. The molecule has 1 saturated carbocycles. The van der Waals surface area contributed by atoms with Crippen LogP contribution in [0.3, 0.4) is 0 Å². The average Bonchev–Trinajstić information content (AvgIpc) is 3.69. The number of benzene rings is 1. The third-order valence-electron chi connectivity index (χ3n) is 7.05. The zero-order valence-corrected chi connectivity index (χ0v) is 21.5. The lowest BCUT2D eigenvalue weighted by Gasteiger charge is -2.36. The van der Waals surface area contributed by atoms with Crippen molar-refractivity contribution < 1.29 is 14.3 Å². The van der Waals surface area contributed by atoms with Crippen LogP contribution in [0, 0.1) is 5.92 Å². The van der Waals surface area contributed by atoms with Crippen LogP contribution in [0.25, 0.3) is 0 Å². The molecule has 4 aliphatic rings. The van der Waals surface area contributed by atoms with Crippen molar-refractivity contribution >= 4 is 39.4 Å². The molecule has 1 aromatic heterocycles. The van der Waals surface area contributed by atoms with Gasteiger partial charge in [-0.2, -0.15) is 0 Å². The number of rotatable bonds is 8. The van der Waals surface area contributed by atoms with E-state index in [0.717, 1.165) is 56.2 Å². The number of aromatic nitrogens is 1. The number of hydrogen-bond acceptors (Lipinski definition) is 9. The smallest absolute Gasteiger partial charge is 0.245 e. The van der Waals surface area contributed by atoms with Crippen LogP contribution in [0.15, 0.2) is 72.1 Å². The number of nitrogen functional groups attached to an aromatic ring is 1. The molecule has 192 valence electrons. The van der Waals surface area contributed by atoms with E-state index in [4.69, 9.17) is 15.2 Å². The quantitative estimate of drug-likeness (QED) is 0.462. The number of allylic oxidation sites excluding steroid dienone is 5. The largest absolute Gasteiger partial charge is 0.465 e. The number of nitrogens with two attached hydrogens (primary N) is 1. The summed E-state index contributed by atoms with van der Waals surface area (Å²) in [7, 11) is 0. The van der Waals surface area contributed by atoms with Crippen LogP contribution in [0.5, 0.6) is 0 Å². The first-order valence-electron chi connectivity index (χ1n) is 12.9. The van der Waals surface area contributed by atoms with Crippen LogP contribution in [-0.2, 0) is 9.47 Å². The number of nitrogens with zero attached hydrogens (tertiary/aromatic N) is 3. The van der Waals surface area contributed by atoms with Crippen LogP contribution < -0.4 is 16.0 Å². The highest BCUT2D eigenvalue weighted by Gasteiger charge is 2.27. The zero-order valence-electron chi connectivity index (χ0n) is 20.7. The molecule has 2 aliphatic carbocycles. The first-order chi connectivity index (χ1) is 18.1. The number of piperazine rings is 1. The fourth-order valence-electron chi connectivity index (χ4n) is 4.77. The van der Waals surface area contributed by atoms with Crippen molar-refractivity contribution in [3.05, 3.63) is 77.0 Å². The molecule has 0 spiro atoms. The molecule has 8 nitrogen and oxygen atoms in total. The summed E-state index contributed by atoms with van der Waals surface area (Å²) in [4.78, 5) is 22.9. The van der Waals surface area contributed by atoms with Gasteiger partial charge in [0.2, 0.25) is 11.5 Å². The van der Waals surface area contributed by atoms with Gasteiger partial charge in [0.25, 0.3) is 0 Å². The van der Waals surface area contributed by atoms with Gasteiger partial charge in [-0.1, -0.05) is 29.6 Å². The molecule has 3 heterocycles. The number of anilines is 4. The highest BCUT2D eigenvalue weighted by molar-refractivity contribution is 7.18. The Kier molecular flexibility index (Phi) is 6.72. The second-order valence-corrected chi connectivity index (χ2v) is 10.8. The Morgan fingerprint density at radius 1 is 1.14 bits per heavy atom. The van der Waals surface area contributed by atoms with Gasteiger partial charge >= 0.3 is 0 Å².